The van der Waals surface area contributed by atoms with Crippen LogP contribution in [0, 0.1) is 0 Å². The summed E-state index contributed by atoms with van der Waals surface area (Å²) in [6, 6.07) is 0. The highest BCUT2D eigenvalue weighted by Crippen LogP contribution is 2.43. The molecule has 0 radical (unpaired) electrons. The van der Waals surface area contributed by atoms with Crippen molar-refractivity contribution in [1.29, 1.82) is 0 Å². The van der Waals surface area contributed by atoms with Crippen LogP contribution in [-0.2, 0) is 27.9 Å². The summed E-state index contributed by atoms with van der Waals surface area (Å²) in [5.41, 5.74) is 0. The topological polar surface area (TPSA) is 91.3 Å². The van der Waals surface area contributed by atoms with Crippen LogP contribution < -0.4 is 0 Å². The van der Waals surface area contributed by atoms with E-state index in [0.717, 1.165) is 77.0 Å². The Morgan fingerprint density at radius 2 is 1.07 bits per heavy atom. The van der Waals surface area contributed by atoms with E-state index in [2.05, 4.69) is 98.9 Å². The largest absolute Gasteiger partial charge is 0.472 e. The molecule has 9 heteroatoms. The molecule has 2 unspecified atom stereocenters. The van der Waals surface area contributed by atoms with Crippen LogP contribution in [0.4, 0.5) is 0 Å². The number of phosphoric ester groups is 1. The molecule has 0 aromatic rings. The summed E-state index contributed by atoms with van der Waals surface area (Å²) in [7, 11) is 1.60. The number of hydrogen-bond acceptors (Lipinski definition) is 6. The number of unbranched alkanes of at least 4 members (excludes halogenated alkanes) is 9. The fraction of sp³-hybridized carbons (Fsp3) is 0.667. The Balaban J connectivity index is 4.44. The molecule has 0 aromatic carbocycles. The van der Waals surface area contributed by atoms with E-state index in [9.17, 15) is 14.3 Å². The molecule has 54 heavy (non-hydrogen) atoms. The maximum absolute atomic E-state index is 12.7. The first-order valence-corrected chi connectivity index (χ1v) is 22.3. The Labute approximate surface area is 331 Å². The van der Waals surface area contributed by atoms with Crippen LogP contribution in [0.1, 0.15) is 136 Å². The summed E-state index contributed by atoms with van der Waals surface area (Å²) in [4.78, 5) is 22.8. The minimum atomic E-state index is -4.30. The van der Waals surface area contributed by atoms with E-state index in [0.29, 0.717) is 24.1 Å². The lowest BCUT2D eigenvalue weighted by molar-refractivity contribution is -0.870. The number of phosphoric acid groups is 1. The molecule has 0 saturated carbocycles. The molecule has 1 N–H and O–H groups in total. The molecule has 0 spiro atoms. The van der Waals surface area contributed by atoms with Gasteiger partial charge in [0.05, 0.1) is 41.0 Å². The number of ether oxygens (including phenoxy) is 2. The highest BCUT2D eigenvalue weighted by molar-refractivity contribution is 7.47. The van der Waals surface area contributed by atoms with Gasteiger partial charge in [-0.05, 0) is 77.0 Å². The lowest BCUT2D eigenvalue weighted by Gasteiger charge is -2.24. The van der Waals surface area contributed by atoms with Crippen molar-refractivity contribution in [2.45, 2.75) is 142 Å². The number of esters is 1. The molecule has 8 nitrogen and oxygen atoms in total. The van der Waals surface area contributed by atoms with Crippen LogP contribution in [-0.4, -0.2) is 75.6 Å². The molecule has 0 bridgehead atoms. The first-order chi connectivity index (χ1) is 26.1. The van der Waals surface area contributed by atoms with Crippen molar-refractivity contribution in [2.75, 3.05) is 54.1 Å². The zero-order valence-corrected chi connectivity index (χ0v) is 35.8. The summed E-state index contributed by atoms with van der Waals surface area (Å²) >= 11 is 0. The molecule has 0 amide bonds. The number of nitrogens with zero attached hydrogens (tertiary/aromatic N) is 1. The molecule has 0 aliphatic rings. The molecule has 0 heterocycles. The Hall–Kier alpha value is -2.32. The van der Waals surface area contributed by atoms with Crippen LogP contribution in [0.3, 0.4) is 0 Å². The normalized spacial score (nSPS) is 14.7. The molecule has 0 aliphatic heterocycles. The number of likely N-dealkylation sites (N-methyl/N-ethyl adjacent to an activating group) is 1. The van der Waals surface area contributed by atoms with Gasteiger partial charge in [-0.25, -0.2) is 4.57 Å². The summed E-state index contributed by atoms with van der Waals surface area (Å²) in [5, 5.41) is 0. The Kier molecular flexibility index (Phi) is 36.0. The van der Waals surface area contributed by atoms with Gasteiger partial charge in [0.25, 0.3) is 0 Å². The maximum Gasteiger partial charge on any atom is 0.472 e. The Bertz CT molecular complexity index is 1130. The summed E-state index contributed by atoms with van der Waals surface area (Å²) < 4.78 is 34.8. The van der Waals surface area contributed by atoms with Gasteiger partial charge in [0.2, 0.25) is 0 Å². The van der Waals surface area contributed by atoms with Crippen molar-refractivity contribution in [1.82, 2.24) is 0 Å². The number of rotatable bonds is 37. The monoisotopic (exact) mass is 777 g/mol. The molecule has 2 atom stereocenters. The van der Waals surface area contributed by atoms with Gasteiger partial charge in [-0.1, -0.05) is 137 Å². The summed E-state index contributed by atoms with van der Waals surface area (Å²) in [6.45, 7) is 5.21. The number of hydrogen-bond donors (Lipinski definition) is 1. The van der Waals surface area contributed by atoms with E-state index >= 15 is 0 Å². The predicted molar refractivity (Wildman–Crippen MR) is 228 cm³/mol. The minimum Gasteiger partial charge on any atom is -0.457 e. The standard InChI is InChI=1S/C45H78NO7P/c1-6-8-10-12-14-16-18-20-22-24-26-28-30-32-34-36-38-45(47)53-44(43-52-54(48,49)51-41-39-46(3,4)5)42-50-40-37-35-33-31-29-27-25-23-21-19-17-15-13-11-9-7-2/h9,11,15-18,21-24,27,29,33,35,44H,6-8,10,12-14,19-20,25-26,28,30-32,34,36-43H2,1-5H3/p+1/b11-9-,17-15-,18-16-,23-21-,24-22-,29-27-,35-33-. The number of carbonyl (C=O) groups excluding carboxylic acids is 1. The number of allylic oxidation sites excluding steroid dienone is 13. The smallest absolute Gasteiger partial charge is 0.457 e. The lowest BCUT2D eigenvalue weighted by Crippen LogP contribution is -2.37. The Morgan fingerprint density at radius 1 is 0.593 bits per heavy atom. The van der Waals surface area contributed by atoms with Gasteiger partial charge >= 0.3 is 13.8 Å². The molecular formula is C45H79NO7P+. The molecule has 0 fully saturated rings. The van der Waals surface area contributed by atoms with Crippen molar-refractivity contribution in [3.63, 3.8) is 0 Å². The molecule has 0 aromatic heterocycles. The van der Waals surface area contributed by atoms with E-state index < -0.39 is 13.9 Å². The van der Waals surface area contributed by atoms with Crippen LogP contribution in [0.5, 0.6) is 0 Å². The van der Waals surface area contributed by atoms with E-state index in [1.54, 1.807) is 0 Å². The van der Waals surface area contributed by atoms with Crippen LogP contribution in [0.25, 0.3) is 0 Å². The van der Waals surface area contributed by atoms with Crippen molar-refractivity contribution in [3.8, 4) is 0 Å². The molecule has 0 saturated heterocycles. The van der Waals surface area contributed by atoms with E-state index in [-0.39, 0.29) is 32.2 Å². The van der Waals surface area contributed by atoms with Crippen molar-refractivity contribution in [2.24, 2.45) is 0 Å². The van der Waals surface area contributed by atoms with Crippen LogP contribution >= 0.6 is 7.82 Å². The quantitative estimate of drug-likeness (QED) is 0.0221. The SMILES string of the molecule is CC/C=C\C/C=C\C/C=C\C/C=C\C/C=C\CCOCC(COP(=O)(O)OCC[N+](C)(C)C)OC(=O)CCCCCCC/C=C\C/C=C\CCCCCC. The van der Waals surface area contributed by atoms with Gasteiger partial charge in [-0.15, -0.1) is 0 Å². The van der Waals surface area contributed by atoms with Gasteiger partial charge in [0, 0.05) is 6.42 Å². The van der Waals surface area contributed by atoms with E-state index in [1.165, 1.54) is 32.1 Å². The lowest BCUT2D eigenvalue weighted by atomic mass is 10.1. The molecule has 0 rings (SSSR count). The first-order valence-electron chi connectivity index (χ1n) is 20.8. The summed E-state index contributed by atoms with van der Waals surface area (Å²) in [6.07, 6.45) is 49.2. The third-order valence-corrected chi connectivity index (χ3v) is 9.19. The van der Waals surface area contributed by atoms with E-state index in [4.69, 9.17) is 18.5 Å². The predicted octanol–water partition coefficient (Wildman–Crippen LogP) is 12.1. The van der Waals surface area contributed by atoms with Crippen molar-refractivity contribution < 1.29 is 37.3 Å². The first kappa shape index (κ1) is 51.7. The average Bonchev–Trinajstić information content (AvgIpc) is 3.12. The van der Waals surface area contributed by atoms with Crippen LogP contribution in [0.2, 0.25) is 0 Å². The highest BCUT2D eigenvalue weighted by Gasteiger charge is 2.26. The molecular weight excluding hydrogens is 697 g/mol. The molecule has 310 valence electrons. The van der Waals surface area contributed by atoms with Gasteiger partial charge < -0.3 is 18.9 Å². The minimum absolute atomic E-state index is 0.0671. The van der Waals surface area contributed by atoms with Crippen LogP contribution in [0.15, 0.2) is 85.1 Å². The average molecular weight is 777 g/mol. The van der Waals surface area contributed by atoms with Gasteiger partial charge in [-0.3, -0.25) is 13.8 Å². The zero-order chi connectivity index (χ0) is 39.9. The fourth-order valence-electron chi connectivity index (χ4n) is 5.00. The number of carbonyl (C=O) groups is 1. The third-order valence-electron chi connectivity index (χ3n) is 8.21. The fourth-order valence-corrected chi connectivity index (χ4v) is 5.74. The Morgan fingerprint density at radius 3 is 1.61 bits per heavy atom. The highest BCUT2D eigenvalue weighted by atomic mass is 31.2. The van der Waals surface area contributed by atoms with Gasteiger partial charge in [0.1, 0.15) is 19.3 Å². The maximum atomic E-state index is 12.7. The summed E-state index contributed by atoms with van der Waals surface area (Å²) in [5.74, 6) is -0.356. The van der Waals surface area contributed by atoms with Gasteiger partial charge in [-0.2, -0.15) is 0 Å². The number of quaternary nitrogens is 1. The second kappa shape index (κ2) is 37.6. The second-order valence-corrected chi connectivity index (χ2v) is 16.1. The second-order valence-electron chi connectivity index (χ2n) is 14.6. The van der Waals surface area contributed by atoms with Crippen molar-refractivity contribution >= 4 is 13.8 Å². The van der Waals surface area contributed by atoms with E-state index in [1.807, 2.05) is 21.1 Å². The molecule has 0 aliphatic carbocycles. The zero-order valence-electron chi connectivity index (χ0n) is 34.9. The van der Waals surface area contributed by atoms with Crippen molar-refractivity contribution in [3.05, 3.63) is 85.1 Å². The van der Waals surface area contributed by atoms with Gasteiger partial charge in [0.15, 0.2) is 0 Å². The third kappa shape index (κ3) is 40.9.